The van der Waals surface area contributed by atoms with Gasteiger partial charge in [-0.15, -0.1) is 0 Å². The van der Waals surface area contributed by atoms with Gasteiger partial charge in [-0.1, -0.05) is 24.3 Å². The summed E-state index contributed by atoms with van der Waals surface area (Å²) >= 11 is 0. The lowest BCUT2D eigenvalue weighted by Crippen LogP contribution is -2.29. The minimum atomic E-state index is -3.46. The van der Waals surface area contributed by atoms with Gasteiger partial charge < -0.3 is 10.1 Å². The maximum Gasteiger partial charge on any atom is 0.253 e. The molecular formula is C18H22N2O4S. The molecule has 0 aromatic heterocycles. The fourth-order valence-corrected chi connectivity index (χ4v) is 2.85. The van der Waals surface area contributed by atoms with Gasteiger partial charge in [0.1, 0.15) is 12.4 Å². The van der Waals surface area contributed by atoms with Crippen LogP contribution in [0.3, 0.4) is 0 Å². The van der Waals surface area contributed by atoms with E-state index in [-0.39, 0.29) is 17.2 Å². The van der Waals surface area contributed by atoms with E-state index < -0.39 is 10.0 Å². The van der Waals surface area contributed by atoms with Crippen molar-refractivity contribution < 1.29 is 17.9 Å². The highest BCUT2D eigenvalue weighted by Crippen LogP contribution is 2.20. The molecule has 2 aromatic carbocycles. The molecule has 0 saturated heterocycles. The van der Waals surface area contributed by atoms with Crippen LogP contribution in [0.5, 0.6) is 5.75 Å². The highest BCUT2D eigenvalue weighted by Gasteiger charge is 2.13. The molecular weight excluding hydrogens is 340 g/mol. The minimum absolute atomic E-state index is 0.248. The number of hydrogen-bond acceptors (Lipinski definition) is 4. The number of carbonyl (C=O) groups is 1. The topological polar surface area (TPSA) is 84.5 Å². The molecule has 0 atom stereocenters. The number of anilines is 1. The Kier molecular flexibility index (Phi) is 6.03. The highest BCUT2D eigenvalue weighted by atomic mass is 32.2. The zero-order chi connectivity index (χ0) is 18.4. The van der Waals surface area contributed by atoms with E-state index in [0.29, 0.717) is 13.2 Å². The van der Waals surface area contributed by atoms with E-state index in [1.54, 1.807) is 24.3 Å². The molecule has 0 aliphatic carbocycles. The molecule has 0 spiro atoms. The van der Waals surface area contributed by atoms with E-state index in [9.17, 15) is 13.2 Å². The van der Waals surface area contributed by atoms with Gasteiger partial charge in [0, 0.05) is 0 Å². The van der Waals surface area contributed by atoms with Crippen molar-refractivity contribution in [2.75, 3.05) is 24.1 Å². The Labute approximate surface area is 148 Å². The van der Waals surface area contributed by atoms with Crippen LogP contribution in [0.4, 0.5) is 5.69 Å². The second-order valence-corrected chi connectivity index (χ2v) is 7.47. The van der Waals surface area contributed by atoms with Gasteiger partial charge in [-0.05, 0) is 43.2 Å². The van der Waals surface area contributed by atoms with Crippen molar-refractivity contribution in [2.24, 2.45) is 0 Å². The lowest BCUT2D eigenvalue weighted by Gasteiger charge is -2.13. The molecule has 0 heterocycles. The second-order valence-electron chi connectivity index (χ2n) is 5.72. The predicted molar refractivity (Wildman–Crippen MR) is 98.7 cm³/mol. The third-order valence-corrected chi connectivity index (χ3v) is 4.26. The van der Waals surface area contributed by atoms with Crippen molar-refractivity contribution in [1.29, 1.82) is 0 Å². The summed E-state index contributed by atoms with van der Waals surface area (Å²) in [5.41, 5.74) is 2.72. The molecule has 0 bridgehead atoms. The molecule has 2 rings (SSSR count). The highest BCUT2D eigenvalue weighted by molar-refractivity contribution is 7.92. The molecule has 0 aliphatic rings. The molecule has 0 unspecified atom stereocenters. The van der Waals surface area contributed by atoms with Gasteiger partial charge in [0.15, 0.2) is 0 Å². The van der Waals surface area contributed by atoms with Gasteiger partial charge in [0.2, 0.25) is 10.0 Å². The third kappa shape index (κ3) is 5.49. The van der Waals surface area contributed by atoms with Crippen molar-refractivity contribution in [2.45, 2.75) is 13.8 Å². The quantitative estimate of drug-likeness (QED) is 0.741. The molecule has 1 amide bonds. The van der Waals surface area contributed by atoms with Crippen LogP contribution in [0.15, 0.2) is 42.5 Å². The molecule has 0 radical (unpaired) electrons. The fraction of sp³-hybridized carbons (Fsp3) is 0.278. The van der Waals surface area contributed by atoms with Crippen LogP contribution in [-0.2, 0) is 10.0 Å². The van der Waals surface area contributed by atoms with Crippen LogP contribution < -0.4 is 14.8 Å². The zero-order valence-electron chi connectivity index (χ0n) is 14.5. The van der Waals surface area contributed by atoms with Crippen molar-refractivity contribution in [1.82, 2.24) is 5.32 Å². The number of nitrogens with one attached hydrogen (secondary N) is 2. The van der Waals surface area contributed by atoms with E-state index in [1.807, 2.05) is 32.0 Å². The first-order valence-corrected chi connectivity index (χ1v) is 9.71. The Bertz CT molecular complexity index is 863. The van der Waals surface area contributed by atoms with Gasteiger partial charge in [-0.2, -0.15) is 0 Å². The van der Waals surface area contributed by atoms with Gasteiger partial charge in [0.25, 0.3) is 5.91 Å². The van der Waals surface area contributed by atoms with Crippen LogP contribution in [-0.4, -0.2) is 33.7 Å². The zero-order valence-corrected chi connectivity index (χ0v) is 15.3. The summed E-state index contributed by atoms with van der Waals surface area (Å²) in [6.07, 6.45) is 1.04. The van der Waals surface area contributed by atoms with Crippen LogP contribution >= 0.6 is 0 Å². The molecule has 2 N–H and O–H groups in total. The summed E-state index contributed by atoms with van der Waals surface area (Å²) < 4.78 is 30.8. The first-order valence-electron chi connectivity index (χ1n) is 7.82. The maximum atomic E-state index is 12.3. The lowest BCUT2D eigenvalue weighted by molar-refractivity contribution is 0.0948. The monoisotopic (exact) mass is 362 g/mol. The molecule has 0 saturated carbocycles. The fourth-order valence-electron chi connectivity index (χ4n) is 2.27. The largest absolute Gasteiger partial charge is 0.491 e. The molecule has 7 heteroatoms. The Morgan fingerprint density at radius 2 is 1.80 bits per heavy atom. The Morgan fingerprint density at radius 1 is 1.08 bits per heavy atom. The Balaban J connectivity index is 1.94. The number of para-hydroxylation sites is 1. The smallest absolute Gasteiger partial charge is 0.253 e. The number of amides is 1. The van der Waals surface area contributed by atoms with Gasteiger partial charge >= 0.3 is 0 Å². The number of carbonyl (C=O) groups excluding carboxylic acids is 1. The van der Waals surface area contributed by atoms with Crippen molar-refractivity contribution in [3.8, 4) is 5.75 Å². The third-order valence-electron chi connectivity index (χ3n) is 3.67. The van der Waals surface area contributed by atoms with E-state index in [0.717, 1.165) is 23.1 Å². The molecule has 6 nitrogen and oxygen atoms in total. The van der Waals surface area contributed by atoms with E-state index >= 15 is 0 Å². The van der Waals surface area contributed by atoms with E-state index in [4.69, 9.17) is 4.74 Å². The molecule has 0 aliphatic heterocycles. The number of benzene rings is 2. The summed E-state index contributed by atoms with van der Waals surface area (Å²) in [6.45, 7) is 4.61. The van der Waals surface area contributed by atoms with Crippen molar-refractivity contribution in [3.05, 3.63) is 59.2 Å². The van der Waals surface area contributed by atoms with Crippen LogP contribution in [0.25, 0.3) is 0 Å². The van der Waals surface area contributed by atoms with Gasteiger partial charge in [-0.25, -0.2) is 8.42 Å². The SMILES string of the molecule is Cc1cccc(OCCNC(=O)c2ccccc2NS(C)(=O)=O)c1C. The first-order chi connectivity index (χ1) is 11.8. The summed E-state index contributed by atoms with van der Waals surface area (Å²) in [4.78, 5) is 12.3. The summed E-state index contributed by atoms with van der Waals surface area (Å²) in [5, 5.41) is 2.73. The summed E-state index contributed by atoms with van der Waals surface area (Å²) in [7, 11) is -3.46. The maximum absolute atomic E-state index is 12.3. The number of aryl methyl sites for hydroxylation is 1. The Hall–Kier alpha value is -2.54. The van der Waals surface area contributed by atoms with Crippen LogP contribution in [0.1, 0.15) is 21.5 Å². The van der Waals surface area contributed by atoms with Gasteiger partial charge in [0.05, 0.1) is 24.1 Å². The van der Waals surface area contributed by atoms with Crippen molar-refractivity contribution >= 4 is 21.6 Å². The first kappa shape index (κ1) is 18.8. The summed E-state index contributed by atoms with van der Waals surface area (Å²) in [6, 6.07) is 12.3. The second kappa shape index (κ2) is 8.02. The number of ether oxygens (including phenoxy) is 1. The normalized spacial score (nSPS) is 11.0. The molecule has 2 aromatic rings. The van der Waals surface area contributed by atoms with E-state index in [1.165, 1.54) is 0 Å². The number of sulfonamides is 1. The minimum Gasteiger partial charge on any atom is -0.491 e. The molecule has 0 fully saturated rings. The lowest BCUT2D eigenvalue weighted by atomic mass is 10.1. The number of rotatable bonds is 7. The summed E-state index contributed by atoms with van der Waals surface area (Å²) in [5.74, 6) is 0.421. The van der Waals surface area contributed by atoms with E-state index in [2.05, 4.69) is 10.0 Å². The average Bonchev–Trinajstić information content (AvgIpc) is 2.54. The van der Waals surface area contributed by atoms with Crippen LogP contribution in [0.2, 0.25) is 0 Å². The number of hydrogen-bond donors (Lipinski definition) is 2. The van der Waals surface area contributed by atoms with Crippen LogP contribution in [0, 0.1) is 13.8 Å². The average molecular weight is 362 g/mol. The standard InChI is InChI=1S/C18H22N2O4S/c1-13-7-6-10-17(14(13)2)24-12-11-19-18(21)15-8-4-5-9-16(15)20-25(3,22)23/h4-10,20H,11-12H2,1-3H3,(H,19,21). The predicted octanol–water partition coefficient (Wildman–Crippen LogP) is 2.48. The Morgan fingerprint density at radius 3 is 2.52 bits per heavy atom. The molecule has 134 valence electrons. The molecule has 25 heavy (non-hydrogen) atoms. The van der Waals surface area contributed by atoms with Crippen molar-refractivity contribution in [3.63, 3.8) is 0 Å². The van der Waals surface area contributed by atoms with Gasteiger partial charge in [-0.3, -0.25) is 9.52 Å².